The van der Waals surface area contributed by atoms with Crippen LogP contribution in [0, 0.1) is 17.0 Å². The summed E-state index contributed by atoms with van der Waals surface area (Å²) in [6, 6.07) is 13.5. The smallest absolute Gasteiger partial charge is 0.269 e. The summed E-state index contributed by atoms with van der Waals surface area (Å²) < 4.78 is 27.3. The molecule has 2 aromatic carbocycles. The fraction of sp³-hybridized carbons (Fsp3) is 0.0556. The lowest BCUT2D eigenvalue weighted by molar-refractivity contribution is -0.384. The standard InChI is InChI=1S/C18H15N3O4S/c1-13-10-11-19-12-18(13)14-2-4-15(5-3-14)20-26(24,25)17-8-6-16(7-9-17)21(22)23/h2-12,20H,1H3. The first-order valence-electron chi connectivity index (χ1n) is 7.65. The van der Waals surface area contributed by atoms with Crippen LogP contribution < -0.4 is 4.72 Å². The highest BCUT2D eigenvalue weighted by atomic mass is 32.2. The molecule has 0 spiro atoms. The molecule has 1 aromatic heterocycles. The van der Waals surface area contributed by atoms with Gasteiger partial charge < -0.3 is 0 Å². The van der Waals surface area contributed by atoms with Crippen molar-refractivity contribution < 1.29 is 13.3 Å². The summed E-state index contributed by atoms with van der Waals surface area (Å²) in [5.41, 5.74) is 3.19. The molecule has 132 valence electrons. The van der Waals surface area contributed by atoms with Crippen LogP contribution in [0.25, 0.3) is 11.1 Å². The van der Waals surface area contributed by atoms with Crippen molar-refractivity contribution in [3.05, 3.63) is 82.7 Å². The second kappa shape index (κ2) is 6.93. The van der Waals surface area contributed by atoms with E-state index in [1.807, 2.05) is 13.0 Å². The minimum atomic E-state index is -3.83. The first kappa shape index (κ1) is 17.6. The maximum absolute atomic E-state index is 12.4. The van der Waals surface area contributed by atoms with Crippen molar-refractivity contribution in [2.45, 2.75) is 11.8 Å². The Morgan fingerprint density at radius 3 is 2.23 bits per heavy atom. The Labute approximate surface area is 150 Å². The molecule has 0 aliphatic carbocycles. The second-order valence-corrected chi connectivity index (χ2v) is 7.31. The highest BCUT2D eigenvalue weighted by Gasteiger charge is 2.16. The molecule has 0 atom stereocenters. The van der Waals surface area contributed by atoms with Gasteiger partial charge in [-0.2, -0.15) is 0 Å². The van der Waals surface area contributed by atoms with Gasteiger partial charge >= 0.3 is 0 Å². The SMILES string of the molecule is Cc1ccncc1-c1ccc(NS(=O)(=O)c2ccc([N+](=O)[O-])cc2)cc1. The van der Waals surface area contributed by atoms with Crippen LogP contribution in [0.15, 0.2) is 71.9 Å². The van der Waals surface area contributed by atoms with E-state index in [0.717, 1.165) is 28.8 Å². The zero-order valence-corrected chi connectivity index (χ0v) is 14.6. The average Bonchev–Trinajstić information content (AvgIpc) is 2.63. The van der Waals surface area contributed by atoms with Crippen LogP contribution in [0.5, 0.6) is 0 Å². The van der Waals surface area contributed by atoms with Crippen LogP contribution in [0.1, 0.15) is 5.56 Å². The molecule has 0 aliphatic heterocycles. The third-order valence-corrected chi connectivity index (χ3v) is 5.24. The number of nitrogens with zero attached hydrogens (tertiary/aromatic N) is 2. The van der Waals surface area contributed by atoms with E-state index in [1.165, 1.54) is 12.1 Å². The molecule has 7 nitrogen and oxygen atoms in total. The number of nitro benzene ring substituents is 1. The highest BCUT2D eigenvalue weighted by molar-refractivity contribution is 7.92. The molecule has 0 saturated carbocycles. The summed E-state index contributed by atoms with van der Waals surface area (Å²) in [5, 5.41) is 10.7. The molecule has 1 N–H and O–H groups in total. The number of sulfonamides is 1. The van der Waals surface area contributed by atoms with E-state index >= 15 is 0 Å². The number of non-ortho nitro benzene ring substituents is 1. The van der Waals surface area contributed by atoms with Gasteiger partial charge in [0.15, 0.2) is 0 Å². The largest absolute Gasteiger partial charge is 0.280 e. The molecular weight excluding hydrogens is 354 g/mol. The van der Waals surface area contributed by atoms with Gasteiger partial charge in [0, 0.05) is 35.8 Å². The van der Waals surface area contributed by atoms with E-state index in [9.17, 15) is 18.5 Å². The van der Waals surface area contributed by atoms with Crippen LogP contribution >= 0.6 is 0 Å². The van der Waals surface area contributed by atoms with E-state index in [2.05, 4.69) is 9.71 Å². The fourth-order valence-corrected chi connectivity index (χ4v) is 3.50. The molecular formula is C18H15N3O4S. The maximum Gasteiger partial charge on any atom is 0.269 e. The molecule has 0 fully saturated rings. The molecule has 0 radical (unpaired) electrons. The number of hydrogen-bond acceptors (Lipinski definition) is 5. The summed E-state index contributed by atoms with van der Waals surface area (Å²) in [7, 11) is -3.83. The maximum atomic E-state index is 12.4. The zero-order valence-electron chi connectivity index (χ0n) is 13.8. The van der Waals surface area contributed by atoms with Crippen LogP contribution in [0.2, 0.25) is 0 Å². The number of rotatable bonds is 5. The van der Waals surface area contributed by atoms with Gasteiger partial charge in [-0.25, -0.2) is 8.42 Å². The van der Waals surface area contributed by atoms with Crippen molar-refractivity contribution in [1.82, 2.24) is 4.98 Å². The number of aryl methyl sites for hydroxylation is 1. The number of benzene rings is 2. The van der Waals surface area contributed by atoms with Crippen molar-refractivity contribution in [3.63, 3.8) is 0 Å². The molecule has 3 rings (SSSR count). The van der Waals surface area contributed by atoms with Crippen molar-refractivity contribution >= 4 is 21.4 Å². The summed E-state index contributed by atoms with van der Waals surface area (Å²) in [5.74, 6) is 0. The Kier molecular flexibility index (Phi) is 4.68. The zero-order chi connectivity index (χ0) is 18.7. The minimum absolute atomic E-state index is 0.0460. The number of nitro groups is 1. The van der Waals surface area contributed by atoms with Crippen LogP contribution in [-0.4, -0.2) is 18.3 Å². The van der Waals surface area contributed by atoms with Crippen molar-refractivity contribution in [2.24, 2.45) is 0 Å². The predicted octanol–water partition coefficient (Wildman–Crippen LogP) is 3.77. The van der Waals surface area contributed by atoms with Crippen LogP contribution in [0.4, 0.5) is 11.4 Å². The third kappa shape index (κ3) is 3.70. The van der Waals surface area contributed by atoms with E-state index in [-0.39, 0.29) is 10.6 Å². The molecule has 8 heteroatoms. The van der Waals surface area contributed by atoms with E-state index in [4.69, 9.17) is 0 Å². The molecule has 1 heterocycles. The molecule has 0 aliphatic rings. The Hall–Kier alpha value is -3.26. The molecule has 0 bridgehead atoms. The Morgan fingerprint density at radius 2 is 1.65 bits per heavy atom. The predicted molar refractivity (Wildman–Crippen MR) is 98.3 cm³/mol. The number of pyridine rings is 1. The molecule has 26 heavy (non-hydrogen) atoms. The van der Waals surface area contributed by atoms with Gasteiger partial charge in [0.1, 0.15) is 0 Å². The lowest BCUT2D eigenvalue weighted by Crippen LogP contribution is -2.12. The molecule has 0 saturated heterocycles. The lowest BCUT2D eigenvalue weighted by Gasteiger charge is -2.10. The molecule has 0 amide bonds. The van der Waals surface area contributed by atoms with Gasteiger partial charge in [0.25, 0.3) is 15.7 Å². The monoisotopic (exact) mass is 369 g/mol. The van der Waals surface area contributed by atoms with Crippen LogP contribution in [-0.2, 0) is 10.0 Å². The van der Waals surface area contributed by atoms with Gasteiger partial charge in [-0.1, -0.05) is 12.1 Å². The van der Waals surface area contributed by atoms with E-state index < -0.39 is 14.9 Å². The third-order valence-electron chi connectivity index (χ3n) is 3.85. The van der Waals surface area contributed by atoms with Crippen molar-refractivity contribution in [2.75, 3.05) is 4.72 Å². The van der Waals surface area contributed by atoms with Gasteiger partial charge in [-0.15, -0.1) is 0 Å². The van der Waals surface area contributed by atoms with Gasteiger partial charge in [-0.05, 0) is 48.4 Å². The van der Waals surface area contributed by atoms with Crippen molar-refractivity contribution in [3.8, 4) is 11.1 Å². The normalized spacial score (nSPS) is 11.1. The Morgan fingerprint density at radius 1 is 1.00 bits per heavy atom. The summed E-state index contributed by atoms with van der Waals surface area (Å²) >= 11 is 0. The quantitative estimate of drug-likeness (QED) is 0.545. The Bertz CT molecular complexity index is 1050. The second-order valence-electron chi connectivity index (χ2n) is 5.62. The number of anilines is 1. The molecule has 3 aromatic rings. The average molecular weight is 369 g/mol. The summed E-state index contributed by atoms with van der Waals surface area (Å²) in [4.78, 5) is 14.1. The van der Waals surface area contributed by atoms with E-state index in [1.54, 1.807) is 36.7 Å². The number of nitrogens with one attached hydrogen (secondary N) is 1. The van der Waals surface area contributed by atoms with Crippen molar-refractivity contribution in [1.29, 1.82) is 0 Å². The minimum Gasteiger partial charge on any atom is -0.280 e. The lowest BCUT2D eigenvalue weighted by atomic mass is 10.0. The topological polar surface area (TPSA) is 102 Å². The summed E-state index contributed by atoms with van der Waals surface area (Å²) in [6.45, 7) is 1.97. The Balaban J connectivity index is 1.82. The van der Waals surface area contributed by atoms with E-state index in [0.29, 0.717) is 5.69 Å². The van der Waals surface area contributed by atoms with Gasteiger partial charge in [0.05, 0.1) is 9.82 Å². The first-order chi connectivity index (χ1) is 12.4. The first-order valence-corrected chi connectivity index (χ1v) is 9.13. The van der Waals surface area contributed by atoms with Gasteiger partial charge in [-0.3, -0.25) is 19.8 Å². The highest BCUT2D eigenvalue weighted by Crippen LogP contribution is 2.25. The summed E-state index contributed by atoms with van der Waals surface area (Å²) in [6.07, 6.45) is 3.47. The number of aromatic nitrogens is 1. The number of hydrogen-bond donors (Lipinski definition) is 1. The fourth-order valence-electron chi connectivity index (χ4n) is 2.45. The van der Waals surface area contributed by atoms with Crippen LogP contribution in [0.3, 0.4) is 0 Å². The molecule has 0 unspecified atom stereocenters. The van der Waals surface area contributed by atoms with Gasteiger partial charge in [0.2, 0.25) is 0 Å².